The van der Waals surface area contributed by atoms with Gasteiger partial charge in [-0.25, -0.2) is 0 Å². The van der Waals surface area contributed by atoms with Crippen molar-refractivity contribution in [2.75, 3.05) is 7.11 Å². The van der Waals surface area contributed by atoms with E-state index in [1.54, 1.807) is 7.11 Å². The van der Waals surface area contributed by atoms with Crippen molar-refractivity contribution >= 4 is 0 Å². The zero-order valence-corrected chi connectivity index (χ0v) is 13.6. The molecule has 0 radical (unpaired) electrons. The molecule has 1 aromatic rings. The minimum atomic E-state index is -0.203. The van der Waals surface area contributed by atoms with Crippen molar-refractivity contribution in [3.63, 3.8) is 0 Å². The first kappa shape index (κ1) is 17.2. The molecule has 0 saturated carbocycles. The van der Waals surface area contributed by atoms with E-state index >= 15 is 0 Å². The van der Waals surface area contributed by atoms with Crippen LogP contribution in [0.1, 0.15) is 57.6 Å². The summed E-state index contributed by atoms with van der Waals surface area (Å²) in [7, 11) is 1.78. The van der Waals surface area contributed by atoms with Crippen molar-refractivity contribution in [3.05, 3.63) is 35.4 Å². The number of rotatable bonds is 8. The van der Waals surface area contributed by atoms with Gasteiger partial charge in [0, 0.05) is 7.11 Å². The second kappa shape index (κ2) is 7.77. The smallest absolute Gasteiger partial charge is 0.0842 e. The summed E-state index contributed by atoms with van der Waals surface area (Å²) < 4.78 is 5.78. The molecule has 0 heterocycles. The Hall–Kier alpha value is -0.900. The Labute approximate surface area is 123 Å². The zero-order valence-electron chi connectivity index (χ0n) is 13.6. The lowest BCUT2D eigenvalue weighted by atomic mass is 9.84. The number of methoxy groups -OCH3 is 1. The molecule has 114 valence electrons. The van der Waals surface area contributed by atoms with Crippen LogP contribution in [0.25, 0.3) is 0 Å². The lowest BCUT2D eigenvalue weighted by Gasteiger charge is -2.38. The minimum absolute atomic E-state index is 0.118. The van der Waals surface area contributed by atoms with Crippen molar-refractivity contribution < 1.29 is 4.74 Å². The van der Waals surface area contributed by atoms with E-state index in [2.05, 4.69) is 57.4 Å². The molecule has 0 aliphatic carbocycles. The van der Waals surface area contributed by atoms with Crippen LogP contribution in [0.2, 0.25) is 0 Å². The molecule has 1 atom stereocenters. The Morgan fingerprint density at radius 3 is 2.05 bits per heavy atom. The zero-order chi connectivity index (χ0) is 15.2. The maximum Gasteiger partial charge on any atom is 0.0842 e. The Balaban J connectivity index is 2.87. The average Bonchev–Trinajstić information content (AvgIpc) is 2.48. The lowest BCUT2D eigenvalue weighted by Crippen LogP contribution is -2.55. The highest BCUT2D eigenvalue weighted by atomic mass is 16.5. The van der Waals surface area contributed by atoms with Crippen LogP contribution in [-0.2, 0) is 11.2 Å². The number of ether oxygens (including phenoxy) is 1. The molecule has 0 aliphatic rings. The van der Waals surface area contributed by atoms with Crippen molar-refractivity contribution in [3.8, 4) is 0 Å². The SMILES string of the molecule is CCC(CC)(OC)C(Cc1ccc(C(C)C)cc1)NN. The van der Waals surface area contributed by atoms with Gasteiger partial charge in [-0.15, -0.1) is 0 Å². The van der Waals surface area contributed by atoms with Crippen molar-refractivity contribution in [1.82, 2.24) is 5.43 Å². The van der Waals surface area contributed by atoms with Crippen LogP contribution in [0.4, 0.5) is 0 Å². The molecule has 3 heteroatoms. The molecule has 1 unspecified atom stereocenters. The molecule has 20 heavy (non-hydrogen) atoms. The van der Waals surface area contributed by atoms with Crippen LogP contribution >= 0.6 is 0 Å². The van der Waals surface area contributed by atoms with Crippen LogP contribution in [0.5, 0.6) is 0 Å². The fourth-order valence-corrected chi connectivity index (χ4v) is 2.84. The van der Waals surface area contributed by atoms with Gasteiger partial charge >= 0.3 is 0 Å². The molecule has 1 rings (SSSR count). The number of benzene rings is 1. The summed E-state index contributed by atoms with van der Waals surface area (Å²) in [5.41, 5.74) is 5.42. The molecular formula is C17H30N2O. The summed E-state index contributed by atoms with van der Waals surface area (Å²) in [6, 6.07) is 8.93. The van der Waals surface area contributed by atoms with Crippen LogP contribution < -0.4 is 11.3 Å². The normalized spacial score (nSPS) is 13.8. The monoisotopic (exact) mass is 278 g/mol. The summed E-state index contributed by atoms with van der Waals surface area (Å²) in [6.45, 7) is 8.73. The van der Waals surface area contributed by atoms with E-state index in [4.69, 9.17) is 10.6 Å². The van der Waals surface area contributed by atoms with Crippen LogP contribution in [0, 0.1) is 0 Å². The molecule has 3 nitrogen and oxygen atoms in total. The third kappa shape index (κ3) is 3.81. The summed E-state index contributed by atoms with van der Waals surface area (Å²) in [6.07, 6.45) is 2.77. The molecule has 0 amide bonds. The summed E-state index contributed by atoms with van der Waals surface area (Å²) in [5, 5.41) is 0. The van der Waals surface area contributed by atoms with Gasteiger partial charge in [-0.3, -0.25) is 11.3 Å². The third-order valence-electron chi connectivity index (χ3n) is 4.53. The molecule has 0 fully saturated rings. The van der Waals surface area contributed by atoms with Gasteiger partial charge in [0.1, 0.15) is 0 Å². The summed E-state index contributed by atoms with van der Waals surface area (Å²) in [5.74, 6) is 6.35. The van der Waals surface area contributed by atoms with Gasteiger partial charge in [0.05, 0.1) is 11.6 Å². The van der Waals surface area contributed by atoms with Gasteiger partial charge in [0.25, 0.3) is 0 Å². The summed E-state index contributed by atoms with van der Waals surface area (Å²) in [4.78, 5) is 0. The van der Waals surface area contributed by atoms with Gasteiger partial charge in [0.2, 0.25) is 0 Å². The van der Waals surface area contributed by atoms with E-state index in [0.29, 0.717) is 5.92 Å². The number of hydrogen-bond donors (Lipinski definition) is 2. The summed E-state index contributed by atoms with van der Waals surface area (Å²) >= 11 is 0. The van der Waals surface area contributed by atoms with Gasteiger partial charge in [0.15, 0.2) is 0 Å². The molecule has 0 aliphatic heterocycles. The fourth-order valence-electron chi connectivity index (χ4n) is 2.84. The van der Waals surface area contributed by atoms with E-state index in [9.17, 15) is 0 Å². The van der Waals surface area contributed by atoms with Crippen LogP contribution in [0.3, 0.4) is 0 Å². The average molecular weight is 278 g/mol. The van der Waals surface area contributed by atoms with Gasteiger partial charge in [-0.05, 0) is 36.3 Å². The van der Waals surface area contributed by atoms with Crippen molar-refractivity contribution in [2.24, 2.45) is 5.84 Å². The number of nitrogens with two attached hydrogens (primary N) is 1. The van der Waals surface area contributed by atoms with E-state index in [-0.39, 0.29) is 11.6 Å². The maximum atomic E-state index is 5.78. The van der Waals surface area contributed by atoms with Crippen molar-refractivity contribution in [2.45, 2.75) is 64.5 Å². The number of hydrogen-bond acceptors (Lipinski definition) is 3. The highest BCUT2D eigenvalue weighted by Crippen LogP contribution is 2.26. The Morgan fingerprint density at radius 1 is 1.15 bits per heavy atom. The molecule has 0 spiro atoms. The quantitative estimate of drug-likeness (QED) is 0.566. The molecule has 3 N–H and O–H groups in total. The largest absolute Gasteiger partial charge is 0.377 e. The van der Waals surface area contributed by atoms with E-state index < -0.39 is 0 Å². The van der Waals surface area contributed by atoms with E-state index in [1.807, 2.05) is 0 Å². The number of nitrogens with one attached hydrogen (secondary N) is 1. The lowest BCUT2D eigenvalue weighted by molar-refractivity contribution is -0.0473. The first-order chi connectivity index (χ1) is 9.52. The van der Waals surface area contributed by atoms with Gasteiger partial charge in [-0.1, -0.05) is 52.0 Å². The molecule has 0 aromatic heterocycles. The second-order valence-corrected chi connectivity index (χ2v) is 5.80. The van der Waals surface area contributed by atoms with Gasteiger partial charge < -0.3 is 4.74 Å². The minimum Gasteiger partial charge on any atom is -0.377 e. The Morgan fingerprint density at radius 2 is 1.70 bits per heavy atom. The molecule has 1 aromatic carbocycles. The fraction of sp³-hybridized carbons (Fsp3) is 0.647. The standard InChI is InChI=1S/C17H30N2O/c1-6-17(7-2,20-5)16(19-18)12-14-8-10-15(11-9-14)13(3)4/h8-11,13,16,19H,6-7,12,18H2,1-5H3. The van der Waals surface area contributed by atoms with E-state index in [0.717, 1.165) is 19.3 Å². The van der Waals surface area contributed by atoms with Crippen LogP contribution in [0.15, 0.2) is 24.3 Å². The van der Waals surface area contributed by atoms with E-state index in [1.165, 1.54) is 11.1 Å². The predicted octanol–water partition coefficient (Wildman–Crippen LogP) is 3.39. The Bertz CT molecular complexity index is 374. The Kier molecular flexibility index (Phi) is 6.66. The van der Waals surface area contributed by atoms with Crippen molar-refractivity contribution in [1.29, 1.82) is 0 Å². The molecule has 0 saturated heterocycles. The highest BCUT2D eigenvalue weighted by molar-refractivity contribution is 5.25. The predicted molar refractivity (Wildman–Crippen MR) is 85.7 cm³/mol. The third-order valence-corrected chi connectivity index (χ3v) is 4.53. The molecular weight excluding hydrogens is 248 g/mol. The molecule has 0 bridgehead atoms. The van der Waals surface area contributed by atoms with Gasteiger partial charge in [-0.2, -0.15) is 0 Å². The maximum absolute atomic E-state index is 5.78. The highest BCUT2D eigenvalue weighted by Gasteiger charge is 2.35. The first-order valence-corrected chi connectivity index (χ1v) is 7.63. The van der Waals surface area contributed by atoms with Crippen LogP contribution in [-0.4, -0.2) is 18.8 Å². The second-order valence-electron chi connectivity index (χ2n) is 5.80. The first-order valence-electron chi connectivity index (χ1n) is 7.63. The number of hydrazine groups is 1. The topological polar surface area (TPSA) is 47.3 Å².